The van der Waals surface area contributed by atoms with Gasteiger partial charge in [-0.1, -0.05) is 0 Å². The summed E-state index contributed by atoms with van der Waals surface area (Å²) >= 11 is 0. The molecule has 0 spiro atoms. The Morgan fingerprint density at radius 3 is 2.21 bits per heavy atom. The highest BCUT2D eigenvalue weighted by atomic mass is 16.7. The largest absolute Gasteiger partial charge is 0.508 e. The molecular formula is C21H18O12. The van der Waals surface area contributed by atoms with Crippen molar-refractivity contribution in [2.45, 2.75) is 30.7 Å². The molecule has 12 heteroatoms. The van der Waals surface area contributed by atoms with Crippen LogP contribution in [0.3, 0.4) is 0 Å². The van der Waals surface area contributed by atoms with Crippen LogP contribution in [0.25, 0.3) is 22.3 Å². The fourth-order valence-electron chi connectivity index (χ4n) is 3.40. The summed E-state index contributed by atoms with van der Waals surface area (Å²) in [4.78, 5) is 23.8. The zero-order chi connectivity index (χ0) is 24.0. The number of fused-ring (bicyclic) bond motifs is 1. The molecule has 1 saturated heterocycles. The number of hydrogen-bond acceptors (Lipinski definition) is 11. The molecule has 1 fully saturated rings. The van der Waals surface area contributed by atoms with Crippen LogP contribution in [-0.4, -0.2) is 72.4 Å². The lowest BCUT2D eigenvalue weighted by molar-refractivity contribution is -0.271. The van der Waals surface area contributed by atoms with Crippen LogP contribution >= 0.6 is 0 Å². The molecule has 0 bridgehead atoms. The summed E-state index contributed by atoms with van der Waals surface area (Å²) < 4.78 is 15.9. The van der Waals surface area contributed by atoms with Crippen LogP contribution in [0.15, 0.2) is 45.6 Å². The fraction of sp³-hybridized carbons (Fsp3) is 0.238. The van der Waals surface area contributed by atoms with E-state index in [1.165, 1.54) is 24.3 Å². The van der Waals surface area contributed by atoms with Gasteiger partial charge in [-0.2, -0.15) is 0 Å². The molecule has 0 aliphatic carbocycles. The Morgan fingerprint density at radius 2 is 1.58 bits per heavy atom. The Bertz CT molecular complexity index is 1260. The molecule has 7 N–H and O–H groups in total. The number of carbonyl (C=O) groups is 1. The molecule has 1 aliphatic heterocycles. The molecule has 4 rings (SSSR count). The van der Waals surface area contributed by atoms with Gasteiger partial charge in [-0.15, -0.1) is 0 Å². The molecule has 174 valence electrons. The highest BCUT2D eigenvalue weighted by Gasteiger charge is 2.48. The van der Waals surface area contributed by atoms with Gasteiger partial charge in [0.1, 0.15) is 40.8 Å². The van der Waals surface area contributed by atoms with Gasteiger partial charge in [0.25, 0.3) is 0 Å². The smallest absolute Gasteiger partial charge is 0.335 e. The Balaban J connectivity index is 1.76. The first-order valence-electron chi connectivity index (χ1n) is 9.49. The van der Waals surface area contributed by atoms with Crippen LogP contribution in [0, 0.1) is 0 Å². The number of hydrogen-bond donors (Lipinski definition) is 7. The van der Waals surface area contributed by atoms with Crippen molar-refractivity contribution in [2.75, 3.05) is 0 Å². The third kappa shape index (κ3) is 3.91. The van der Waals surface area contributed by atoms with Crippen LogP contribution in [0.5, 0.6) is 23.0 Å². The minimum Gasteiger partial charge on any atom is -0.508 e. The highest BCUT2D eigenvalue weighted by Crippen LogP contribution is 2.42. The number of carboxylic acid groups (broad SMARTS) is 1. The van der Waals surface area contributed by atoms with E-state index in [2.05, 4.69) is 0 Å². The summed E-state index contributed by atoms with van der Waals surface area (Å²) in [7, 11) is 0. The SMILES string of the molecule is O=C(O)[C@@H]1O[C@H](Oc2cc3oc(-c4ccc(O)cc4)cc(=O)c3c(O)c2O)[C@@H](O)[C@H](O)[C@@H]1O. The Hall–Kier alpha value is -3.84. The molecule has 0 unspecified atom stereocenters. The van der Waals surface area contributed by atoms with Crippen LogP contribution in [0.2, 0.25) is 0 Å². The lowest BCUT2D eigenvalue weighted by Gasteiger charge is -2.38. The topological polar surface area (TPSA) is 207 Å². The Morgan fingerprint density at radius 1 is 0.909 bits per heavy atom. The van der Waals surface area contributed by atoms with E-state index in [4.69, 9.17) is 19.0 Å². The standard InChI is InChI=1S/C21H18O12/c22-8-3-1-7(2-4-8)10-5-9(23)13-11(31-10)6-12(14(24)15(13)25)32-21-18(28)16(26)17(27)19(33-21)20(29)30/h1-6,16-19,21-22,24-28H,(H,29,30)/t16-,17+,18+,19-,21+/m1/s1. The highest BCUT2D eigenvalue weighted by molar-refractivity contribution is 5.89. The second-order valence-electron chi connectivity index (χ2n) is 7.32. The summed E-state index contributed by atoms with van der Waals surface area (Å²) in [5.74, 6) is -4.01. The van der Waals surface area contributed by atoms with Gasteiger partial charge in [0, 0.05) is 17.7 Å². The molecule has 12 nitrogen and oxygen atoms in total. The van der Waals surface area contributed by atoms with Gasteiger partial charge in [-0.25, -0.2) is 4.79 Å². The third-order valence-corrected chi connectivity index (χ3v) is 5.14. The summed E-state index contributed by atoms with van der Waals surface area (Å²) in [5.41, 5.74) is -0.539. The molecule has 1 aliphatic rings. The van der Waals surface area contributed by atoms with Crippen molar-refractivity contribution in [3.8, 4) is 34.3 Å². The van der Waals surface area contributed by atoms with Gasteiger partial charge in [-0.05, 0) is 24.3 Å². The zero-order valence-corrected chi connectivity index (χ0v) is 16.5. The number of aliphatic carboxylic acids is 1. The van der Waals surface area contributed by atoms with Crippen LogP contribution in [0.4, 0.5) is 0 Å². The fourth-order valence-corrected chi connectivity index (χ4v) is 3.40. The number of carboxylic acids is 1. The average molecular weight is 462 g/mol. The van der Waals surface area contributed by atoms with Crippen LogP contribution < -0.4 is 10.2 Å². The predicted molar refractivity (Wildman–Crippen MR) is 108 cm³/mol. The number of ether oxygens (including phenoxy) is 2. The number of phenols is 3. The van der Waals surface area contributed by atoms with E-state index in [0.29, 0.717) is 5.56 Å². The predicted octanol–water partition coefficient (Wildman–Crippen LogP) is -0.152. The van der Waals surface area contributed by atoms with E-state index in [1.807, 2.05) is 0 Å². The second-order valence-corrected chi connectivity index (χ2v) is 7.32. The van der Waals surface area contributed by atoms with Gasteiger partial charge in [0.15, 0.2) is 23.0 Å². The van der Waals surface area contributed by atoms with Crippen molar-refractivity contribution in [3.05, 3.63) is 46.6 Å². The number of phenolic OH excluding ortho intramolecular Hbond substituents is 3. The van der Waals surface area contributed by atoms with Gasteiger partial charge >= 0.3 is 5.97 Å². The summed E-state index contributed by atoms with van der Waals surface area (Å²) in [6.07, 6.45) is -9.67. The summed E-state index contributed by atoms with van der Waals surface area (Å²) in [6.45, 7) is 0. The molecule has 2 heterocycles. The monoisotopic (exact) mass is 462 g/mol. The van der Waals surface area contributed by atoms with E-state index in [1.54, 1.807) is 0 Å². The Kier molecular flexibility index (Phi) is 5.59. The van der Waals surface area contributed by atoms with E-state index in [0.717, 1.165) is 12.1 Å². The second kappa shape index (κ2) is 8.26. The Labute approximate surface area is 183 Å². The first kappa shape index (κ1) is 22.4. The van der Waals surface area contributed by atoms with Gasteiger partial charge in [-0.3, -0.25) is 4.79 Å². The van der Waals surface area contributed by atoms with Crippen LogP contribution in [0.1, 0.15) is 0 Å². The summed E-state index contributed by atoms with van der Waals surface area (Å²) in [5, 5.41) is 68.6. The van der Waals surface area contributed by atoms with E-state index >= 15 is 0 Å². The quantitative estimate of drug-likeness (QED) is 0.253. The maximum atomic E-state index is 12.6. The van der Waals surface area contributed by atoms with E-state index in [9.17, 15) is 40.2 Å². The number of aliphatic hydroxyl groups is 3. The number of aromatic hydroxyl groups is 3. The summed E-state index contributed by atoms with van der Waals surface area (Å²) in [6, 6.07) is 7.74. The number of benzene rings is 2. The van der Waals surface area contributed by atoms with Gasteiger partial charge in [0.2, 0.25) is 12.0 Å². The van der Waals surface area contributed by atoms with Crippen molar-refractivity contribution in [2.24, 2.45) is 0 Å². The minimum atomic E-state index is -1.96. The average Bonchev–Trinajstić information content (AvgIpc) is 2.77. The van der Waals surface area contributed by atoms with Crippen molar-refractivity contribution in [1.29, 1.82) is 0 Å². The van der Waals surface area contributed by atoms with Crippen molar-refractivity contribution in [3.63, 3.8) is 0 Å². The van der Waals surface area contributed by atoms with Gasteiger partial charge in [0.05, 0.1) is 0 Å². The first-order chi connectivity index (χ1) is 15.6. The van der Waals surface area contributed by atoms with Crippen LogP contribution in [-0.2, 0) is 9.53 Å². The maximum absolute atomic E-state index is 12.6. The molecule has 2 aromatic carbocycles. The molecule has 0 radical (unpaired) electrons. The molecular weight excluding hydrogens is 444 g/mol. The van der Waals surface area contributed by atoms with Gasteiger partial charge < -0.3 is 49.6 Å². The number of aliphatic hydroxyl groups excluding tert-OH is 3. The van der Waals surface area contributed by atoms with E-state index in [-0.39, 0.29) is 22.5 Å². The maximum Gasteiger partial charge on any atom is 0.335 e. The number of rotatable bonds is 4. The molecule has 1 aromatic heterocycles. The molecule has 0 saturated carbocycles. The molecule has 0 amide bonds. The van der Waals surface area contributed by atoms with Crippen molar-refractivity contribution < 1.29 is 54.4 Å². The normalized spacial score (nSPS) is 25.1. The lowest BCUT2D eigenvalue weighted by Crippen LogP contribution is -2.61. The molecule has 3 aromatic rings. The molecule has 33 heavy (non-hydrogen) atoms. The van der Waals surface area contributed by atoms with Crippen molar-refractivity contribution >= 4 is 16.9 Å². The third-order valence-electron chi connectivity index (χ3n) is 5.14. The van der Waals surface area contributed by atoms with Crippen molar-refractivity contribution in [1.82, 2.24) is 0 Å². The zero-order valence-electron chi connectivity index (χ0n) is 16.5. The van der Waals surface area contributed by atoms with E-state index < -0.39 is 59.4 Å². The first-order valence-corrected chi connectivity index (χ1v) is 9.49. The minimum absolute atomic E-state index is 0.0156. The lowest BCUT2D eigenvalue weighted by atomic mass is 9.99. The molecule has 5 atom stereocenters.